The van der Waals surface area contributed by atoms with Gasteiger partial charge in [0, 0.05) is 12.3 Å². The van der Waals surface area contributed by atoms with Crippen molar-refractivity contribution in [2.45, 2.75) is 57.8 Å². The molecule has 1 nitrogen and oxygen atoms in total. The van der Waals surface area contributed by atoms with Crippen LogP contribution in [-0.4, -0.2) is 12.3 Å². The van der Waals surface area contributed by atoms with E-state index in [9.17, 15) is 0 Å². The third-order valence-electron chi connectivity index (χ3n) is 3.48. The fraction of sp³-hybridized carbons (Fsp3) is 0.917. The minimum absolute atomic E-state index is 0.881. The summed E-state index contributed by atoms with van der Waals surface area (Å²) in [5.74, 6) is 0.881. The van der Waals surface area contributed by atoms with Crippen molar-refractivity contribution in [3.8, 4) is 0 Å². The molecule has 0 amide bonds. The van der Waals surface area contributed by atoms with E-state index in [0.717, 1.165) is 12.5 Å². The lowest BCUT2D eigenvalue weighted by Gasteiger charge is -2.22. The number of aliphatic imine (C=N–C) groups is 1. The summed E-state index contributed by atoms with van der Waals surface area (Å²) in [4.78, 5) is 4.76. The maximum Gasteiger partial charge on any atom is 0.0388 e. The minimum Gasteiger partial charge on any atom is -0.294 e. The smallest absolute Gasteiger partial charge is 0.0388 e. The molecule has 0 radical (unpaired) electrons. The van der Waals surface area contributed by atoms with Gasteiger partial charge in [-0.25, -0.2) is 0 Å². The molecule has 1 fully saturated rings. The monoisotopic (exact) mass is 179 g/mol. The van der Waals surface area contributed by atoms with Crippen molar-refractivity contribution in [1.82, 2.24) is 0 Å². The van der Waals surface area contributed by atoms with Crippen LogP contribution in [0.25, 0.3) is 0 Å². The van der Waals surface area contributed by atoms with E-state index >= 15 is 0 Å². The second-order valence-corrected chi connectivity index (χ2v) is 4.52. The van der Waals surface area contributed by atoms with Crippen LogP contribution in [-0.2, 0) is 0 Å². The van der Waals surface area contributed by atoms with Crippen LogP contribution in [0.4, 0.5) is 0 Å². The summed E-state index contributed by atoms with van der Waals surface area (Å²) in [5, 5.41) is 0. The van der Waals surface area contributed by atoms with E-state index in [1.807, 2.05) is 0 Å². The van der Waals surface area contributed by atoms with E-state index in [1.54, 1.807) is 5.71 Å². The first-order valence-corrected chi connectivity index (χ1v) is 6.00. The van der Waals surface area contributed by atoms with E-state index in [2.05, 4.69) is 0 Å². The molecule has 1 aliphatic carbocycles. The number of rotatable bonds is 1. The molecule has 0 atom stereocenters. The zero-order valence-electron chi connectivity index (χ0n) is 8.60. The van der Waals surface area contributed by atoms with Crippen molar-refractivity contribution in [2.24, 2.45) is 10.9 Å². The first-order chi connectivity index (χ1) is 6.47. The molecular formula is C12H21N. The molecule has 0 spiro atoms. The molecule has 1 saturated carbocycles. The number of hydrogen-bond acceptors (Lipinski definition) is 1. The van der Waals surface area contributed by atoms with Gasteiger partial charge in [0.2, 0.25) is 0 Å². The fourth-order valence-electron chi connectivity index (χ4n) is 2.67. The molecule has 0 aromatic heterocycles. The molecule has 0 saturated heterocycles. The van der Waals surface area contributed by atoms with Gasteiger partial charge >= 0.3 is 0 Å². The third-order valence-corrected chi connectivity index (χ3v) is 3.48. The Hall–Kier alpha value is -0.330. The summed E-state index contributed by atoms with van der Waals surface area (Å²) >= 11 is 0. The van der Waals surface area contributed by atoms with Gasteiger partial charge in [0.1, 0.15) is 0 Å². The highest BCUT2D eigenvalue weighted by molar-refractivity contribution is 5.87. The Labute approximate surface area is 81.6 Å². The molecule has 1 heterocycles. The normalized spacial score (nSPS) is 26.6. The van der Waals surface area contributed by atoms with Crippen molar-refractivity contribution >= 4 is 5.71 Å². The predicted octanol–water partition coefficient (Wildman–Crippen LogP) is 3.58. The summed E-state index contributed by atoms with van der Waals surface area (Å²) in [6.07, 6.45) is 12.7. The molecule has 1 heteroatoms. The molecule has 74 valence electrons. The highest BCUT2D eigenvalue weighted by Crippen LogP contribution is 2.27. The summed E-state index contributed by atoms with van der Waals surface area (Å²) < 4.78 is 0. The van der Waals surface area contributed by atoms with Crippen LogP contribution in [0.15, 0.2) is 4.99 Å². The van der Waals surface area contributed by atoms with Crippen molar-refractivity contribution < 1.29 is 0 Å². The van der Waals surface area contributed by atoms with Crippen LogP contribution in [0.1, 0.15) is 57.8 Å². The van der Waals surface area contributed by atoms with Gasteiger partial charge in [-0.1, -0.05) is 25.7 Å². The van der Waals surface area contributed by atoms with E-state index in [0.29, 0.717) is 0 Å². The maximum absolute atomic E-state index is 4.76. The minimum atomic E-state index is 0.881. The number of hydrogen-bond donors (Lipinski definition) is 0. The van der Waals surface area contributed by atoms with Gasteiger partial charge in [-0.3, -0.25) is 4.99 Å². The molecule has 0 unspecified atom stereocenters. The van der Waals surface area contributed by atoms with Gasteiger partial charge in [-0.2, -0.15) is 0 Å². The zero-order valence-corrected chi connectivity index (χ0v) is 8.60. The zero-order chi connectivity index (χ0) is 8.93. The molecule has 0 aromatic rings. The van der Waals surface area contributed by atoms with E-state index in [1.165, 1.54) is 57.8 Å². The van der Waals surface area contributed by atoms with Gasteiger partial charge in [0.05, 0.1) is 0 Å². The van der Waals surface area contributed by atoms with Gasteiger partial charge in [-0.05, 0) is 38.0 Å². The second-order valence-electron chi connectivity index (χ2n) is 4.52. The summed E-state index contributed by atoms with van der Waals surface area (Å²) in [6, 6.07) is 0. The lowest BCUT2D eigenvalue weighted by atomic mass is 9.84. The molecular weight excluding hydrogens is 158 g/mol. The fourth-order valence-corrected chi connectivity index (χ4v) is 2.67. The Morgan fingerprint density at radius 1 is 0.846 bits per heavy atom. The molecule has 0 N–H and O–H groups in total. The van der Waals surface area contributed by atoms with Crippen molar-refractivity contribution in [3.05, 3.63) is 0 Å². The Morgan fingerprint density at radius 2 is 1.62 bits per heavy atom. The Balaban J connectivity index is 1.92. The Kier molecular flexibility index (Phi) is 3.40. The molecule has 13 heavy (non-hydrogen) atoms. The largest absolute Gasteiger partial charge is 0.294 e. The summed E-state index contributed by atoms with van der Waals surface area (Å²) in [5.41, 5.74) is 1.58. The highest BCUT2D eigenvalue weighted by Gasteiger charge is 2.19. The maximum atomic E-state index is 4.76. The molecule has 2 aliphatic rings. The molecule has 0 bridgehead atoms. The average molecular weight is 179 g/mol. The summed E-state index contributed by atoms with van der Waals surface area (Å²) in [7, 11) is 0. The number of nitrogens with zero attached hydrogens (tertiary/aromatic N) is 1. The van der Waals surface area contributed by atoms with Crippen molar-refractivity contribution in [1.29, 1.82) is 0 Å². The van der Waals surface area contributed by atoms with Gasteiger partial charge in [0.25, 0.3) is 0 Å². The molecule has 0 aromatic carbocycles. The highest BCUT2D eigenvalue weighted by atomic mass is 14.7. The standard InChI is InChI=1S/C12H21N/c1-3-7-11(8-4-1)12-9-5-2-6-10-13-12/h11H,1-10H2. The van der Waals surface area contributed by atoms with Gasteiger partial charge in [0.15, 0.2) is 0 Å². The molecule has 2 rings (SSSR count). The van der Waals surface area contributed by atoms with E-state index in [4.69, 9.17) is 4.99 Å². The third kappa shape index (κ3) is 2.55. The predicted molar refractivity (Wildman–Crippen MR) is 57.3 cm³/mol. The summed E-state index contributed by atoms with van der Waals surface area (Å²) in [6.45, 7) is 1.12. The van der Waals surface area contributed by atoms with E-state index < -0.39 is 0 Å². The van der Waals surface area contributed by atoms with Gasteiger partial charge < -0.3 is 0 Å². The van der Waals surface area contributed by atoms with Crippen molar-refractivity contribution in [2.75, 3.05) is 6.54 Å². The van der Waals surface area contributed by atoms with Crippen LogP contribution >= 0.6 is 0 Å². The van der Waals surface area contributed by atoms with Crippen LogP contribution in [0.3, 0.4) is 0 Å². The van der Waals surface area contributed by atoms with Crippen LogP contribution in [0.5, 0.6) is 0 Å². The van der Waals surface area contributed by atoms with Crippen LogP contribution in [0.2, 0.25) is 0 Å². The van der Waals surface area contributed by atoms with Crippen LogP contribution in [0, 0.1) is 5.92 Å². The lowest BCUT2D eigenvalue weighted by molar-refractivity contribution is 0.434. The second kappa shape index (κ2) is 4.78. The SMILES string of the molecule is C1CCN=C(C2CCCCC2)CC1. The first kappa shape index (κ1) is 9.23. The topological polar surface area (TPSA) is 12.4 Å². The molecule has 1 aliphatic heterocycles. The van der Waals surface area contributed by atoms with Gasteiger partial charge in [-0.15, -0.1) is 0 Å². The Bertz CT molecular complexity index is 178. The van der Waals surface area contributed by atoms with E-state index in [-0.39, 0.29) is 0 Å². The van der Waals surface area contributed by atoms with Crippen molar-refractivity contribution in [3.63, 3.8) is 0 Å². The first-order valence-electron chi connectivity index (χ1n) is 6.00. The Morgan fingerprint density at radius 3 is 2.46 bits per heavy atom. The average Bonchev–Trinajstić information content (AvgIpc) is 2.47. The van der Waals surface area contributed by atoms with Crippen LogP contribution < -0.4 is 0 Å². The quantitative estimate of drug-likeness (QED) is 0.583. The lowest BCUT2D eigenvalue weighted by Crippen LogP contribution is -2.17.